The number of carboxylic acids is 1. The molecule has 1 aromatic heterocycles. The van der Waals surface area contributed by atoms with E-state index in [0.29, 0.717) is 29.1 Å². The van der Waals surface area contributed by atoms with Crippen molar-refractivity contribution in [3.05, 3.63) is 24.0 Å². The van der Waals surface area contributed by atoms with E-state index in [0.717, 1.165) is 6.42 Å². The summed E-state index contributed by atoms with van der Waals surface area (Å²) in [6, 6.07) is 1.89. The standard InChI is InChI=1S/C14H20N2O2/c1-9-4-3-5-12(10(9)2)16-13-8-15-7-6-11(13)14(17)18/h6-10,12,16H,3-5H2,1-2H3,(H,17,18). The predicted molar refractivity (Wildman–Crippen MR) is 70.8 cm³/mol. The van der Waals surface area contributed by atoms with Crippen molar-refractivity contribution in [3.63, 3.8) is 0 Å². The van der Waals surface area contributed by atoms with Crippen molar-refractivity contribution in [1.82, 2.24) is 4.98 Å². The van der Waals surface area contributed by atoms with Gasteiger partial charge in [0.15, 0.2) is 0 Å². The highest BCUT2D eigenvalue weighted by atomic mass is 16.4. The number of carboxylic acid groups (broad SMARTS) is 1. The molecule has 0 spiro atoms. The molecule has 0 radical (unpaired) electrons. The highest BCUT2D eigenvalue weighted by Crippen LogP contribution is 2.32. The topological polar surface area (TPSA) is 62.2 Å². The van der Waals surface area contributed by atoms with Gasteiger partial charge in [0.2, 0.25) is 0 Å². The van der Waals surface area contributed by atoms with Gasteiger partial charge in [-0.3, -0.25) is 4.98 Å². The van der Waals surface area contributed by atoms with Crippen LogP contribution >= 0.6 is 0 Å². The van der Waals surface area contributed by atoms with Crippen LogP contribution in [0.25, 0.3) is 0 Å². The zero-order chi connectivity index (χ0) is 13.1. The summed E-state index contributed by atoms with van der Waals surface area (Å²) in [7, 11) is 0. The molecule has 4 nitrogen and oxygen atoms in total. The Morgan fingerprint density at radius 2 is 2.22 bits per heavy atom. The number of nitrogens with zero attached hydrogens (tertiary/aromatic N) is 1. The number of aromatic carboxylic acids is 1. The third kappa shape index (κ3) is 2.63. The van der Waals surface area contributed by atoms with Gasteiger partial charge in [0, 0.05) is 12.2 Å². The van der Waals surface area contributed by atoms with E-state index in [2.05, 4.69) is 24.1 Å². The van der Waals surface area contributed by atoms with Crippen LogP contribution in [0.2, 0.25) is 0 Å². The van der Waals surface area contributed by atoms with Gasteiger partial charge in [-0.05, 0) is 24.3 Å². The summed E-state index contributed by atoms with van der Waals surface area (Å²) < 4.78 is 0. The average Bonchev–Trinajstić information content (AvgIpc) is 2.35. The molecular formula is C14H20N2O2. The zero-order valence-electron chi connectivity index (χ0n) is 10.9. The summed E-state index contributed by atoms with van der Waals surface area (Å²) >= 11 is 0. The Hall–Kier alpha value is -1.58. The summed E-state index contributed by atoms with van der Waals surface area (Å²) in [5.41, 5.74) is 0.936. The first-order valence-corrected chi connectivity index (χ1v) is 6.53. The van der Waals surface area contributed by atoms with E-state index in [1.54, 1.807) is 12.3 Å². The van der Waals surface area contributed by atoms with E-state index in [1.807, 2.05) is 0 Å². The minimum absolute atomic E-state index is 0.301. The summed E-state index contributed by atoms with van der Waals surface area (Å²) in [4.78, 5) is 15.2. The number of hydrogen-bond donors (Lipinski definition) is 2. The Kier molecular flexibility index (Phi) is 3.84. The molecule has 0 aromatic carbocycles. The van der Waals surface area contributed by atoms with Crippen molar-refractivity contribution in [2.45, 2.75) is 39.2 Å². The maximum absolute atomic E-state index is 11.1. The molecule has 0 saturated heterocycles. The molecule has 3 unspecified atom stereocenters. The van der Waals surface area contributed by atoms with Crippen LogP contribution < -0.4 is 5.32 Å². The van der Waals surface area contributed by atoms with Crippen molar-refractivity contribution in [1.29, 1.82) is 0 Å². The van der Waals surface area contributed by atoms with Crippen molar-refractivity contribution >= 4 is 11.7 Å². The zero-order valence-corrected chi connectivity index (χ0v) is 10.9. The van der Waals surface area contributed by atoms with Gasteiger partial charge in [-0.15, -0.1) is 0 Å². The van der Waals surface area contributed by atoms with Crippen molar-refractivity contribution in [2.24, 2.45) is 11.8 Å². The Labute approximate surface area is 107 Å². The molecule has 2 N–H and O–H groups in total. The lowest BCUT2D eigenvalue weighted by Crippen LogP contribution is -2.35. The summed E-state index contributed by atoms with van der Waals surface area (Å²) in [5, 5.41) is 12.5. The third-order valence-electron chi connectivity index (χ3n) is 4.10. The number of hydrogen-bond acceptors (Lipinski definition) is 3. The number of anilines is 1. The van der Waals surface area contributed by atoms with Crippen LogP contribution in [0.3, 0.4) is 0 Å². The first-order valence-electron chi connectivity index (χ1n) is 6.53. The van der Waals surface area contributed by atoms with Gasteiger partial charge < -0.3 is 10.4 Å². The third-order valence-corrected chi connectivity index (χ3v) is 4.10. The molecule has 1 aliphatic rings. The van der Waals surface area contributed by atoms with Crippen LogP contribution in [0.15, 0.2) is 18.5 Å². The molecule has 1 saturated carbocycles. The molecule has 1 aliphatic carbocycles. The fourth-order valence-corrected chi connectivity index (χ4v) is 2.68. The smallest absolute Gasteiger partial charge is 0.337 e. The van der Waals surface area contributed by atoms with Crippen LogP contribution in [-0.4, -0.2) is 22.1 Å². The number of rotatable bonds is 3. The molecule has 0 aliphatic heterocycles. The second-order valence-electron chi connectivity index (χ2n) is 5.24. The summed E-state index contributed by atoms with van der Waals surface area (Å²) in [6.07, 6.45) is 6.68. The van der Waals surface area contributed by atoms with Gasteiger partial charge in [-0.1, -0.05) is 26.7 Å². The lowest BCUT2D eigenvalue weighted by atomic mass is 9.78. The minimum atomic E-state index is -0.906. The Bertz CT molecular complexity index is 434. The molecule has 0 bridgehead atoms. The van der Waals surface area contributed by atoms with Gasteiger partial charge in [0.1, 0.15) is 0 Å². The van der Waals surface area contributed by atoms with E-state index >= 15 is 0 Å². The van der Waals surface area contributed by atoms with Crippen molar-refractivity contribution in [3.8, 4) is 0 Å². The molecule has 18 heavy (non-hydrogen) atoms. The molecule has 1 heterocycles. The molecule has 3 atom stereocenters. The van der Waals surface area contributed by atoms with Gasteiger partial charge in [-0.25, -0.2) is 4.79 Å². The van der Waals surface area contributed by atoms with Crippen LogP contribution in [0.4, 0.5) is 5.69 Å². The second kappa shape index (κ2) is 5.38. The lowest BCUT2D eigenvalue weighted by molar-refractivity contribution is 0.0697. The van der Waals surface area contributed by atoms with Gasteiger partial charge in [-0.2, -0.15) is 0 Å². The van der Waals surface area contributed by atoms with Crippen LogP contribution in [0, 0.1) is 11.8 Å². The van der Waals surface area contributed by atoms with E-state index in [9.17, 15) is 4.79 Å². The normalized spacial score (nSPS) is 27.8. The quantitative estimate of drug-likeness (QED) is 0.863. The van der Waals surface area contributed by atoms with Crippen molar-refractivity contribution in [2.75, 3.05) is 5.32 Å². The minimum Gasteiger partial charge on any atom is -0.478 e. The van der Waals surface area contributed by atoms with E-state index < -0.39 is 5.97 Å². The van der Waals surface area contributed by atoms with Gasteiger partial charge in [0.25, 0.3) is 0 Å². The second-order valence-corrected chi connectivity index (χ2v) is 5.24. The van der Waals surface area contributed by atoms with Gasteiger partial charge >= 0.3 is 5.97 Å². The molecular weight excluding hydrogens is 228 g/mol. The SMILES string of the molecule is CC1CCCC(Nc2cnccc2C(=O)O)C1C. The predicted octanol–water partition coefficient (Wildman–Crippen LogP) is 3.02. The number of pyridine rings is 1. The summed E-state index contributed by atoms with van der Waals surface area (Å²) in [5.74, 6) is 0.332. The fraction of sp³-hybridized carbons (Fsp3) is 0.571. The lowest BCUT2D eigenvalue weighted by Gasteiger charge is -2.35. The van der Waals surface area contributed by atoms with Crippen molar-refractivity contribution < 1.29 is 9.90 Å². The van der Waals surface area contributed by atoms with Crippen LogP contribution in [0.1, 0.15) is 43.5 Å². The maximum atomic E-state index is 11.1. The van der Waals surface area contributed by atoms with Crippen LogP contribution in [-0.2, 0) is 0 Å². The molecule has 98 valence electrons. The van der Waals surface area contributed by atoms with E-state index in [1.165, 1.54) is 19.0 Å². The molecule has 4 heteroatoms. The fourth-order valence-electron chi connectivity index (χ4n) is 2.68. The van der Waals surface area contributed by atoms with E-state index in [4.69, 9.17) is 5.11 Å². The maximum Gasteiger partial charge on any atom is 0.337 e. The number of carbonyl (C=O) groups is 1. The highest BCUT2D eigenvalue weighted by Gasteiger charge is 2.27. The summed E-state index contributed by atoms with van der Waals surface area (Å²) in [6.45, 7) is 4.50. The molecule has 0 amide bonds. The molecule has 1 aromatic rings. The van der Waals surface area contributed by atoms with Crippen LogP contribution in [0.5, 0.6) is 0 Å². The van der Waals surface area contributed by atoms with Gasteiger partial charge in [0.05, 0.1) is 17.4 Å². The monoisotopic (exact) mass is 248 g/mol. The Morgan fingerprint density at radius 1 is 1.44 bits per heavy atom. The largest absolute Gasteiger partial charge is 0.478 e. The molecule has 1 fully saturated rings. The Morgan fingerprint density at radius 3 is 2.94 bits per heavy atom. The number of nitrogens with one attached hydrogen (secondary N) is 1. The number of aromatic nitrogens is 1. The first kappa shape index (κ1) is 12.9. The average molecular weight is 248 g/mol. The first-order chi connectivity index (χ1) is 8.59. The molecule has 2 rings (SSSR count). The van der Waals surface area contributed by atoms with E-state index in [-0.39, 0.29) is 0 Å². The Balaban J connectivity index is 2.16. The highest BCUT2D eigenvalue weighted by molar-refractivity contribution is 5.93.